The molecule has 6 heteroatoms. The Morgan fingerprint density at radius 1 is 1.35 bits per heavy atom. The topological polar surface area (TPSA) is 70.7 Å². The van der Waals surface area contributed by atoms with E-state index in [1.54, 1.807) is 18.0 Å². The summed E-state index contributed by atoms with van der Waals surface area (Å²) >= 11 is 0. The molecule has 0 bridgehead atoms. The number of hydrogen-bond donors (Lipinski definition) is 2. The molecule has 1 heterocycles. The van der Waals surface area contributed by atoms with Gasteiger partial charge in [0.15, 0.2) is 0 Å². The Balaban J connectivity index is 2.25. The number of piperidine rings is 1. The second-order valence-electron chi connectivity index (χ2n) is 5.18. The van der Waals surface area contributed by atoms with Gasteiger partial charge in [0.2, 0.25) is 0 Å². The van der Waals surface area contributed by atoms with Crippen molar-refractivity contribution in [2.45, 2.75) is 39.7 Å². The van der Waals surface area contributed by atoms with Gasteiger partial charge in [0.25, 0.3) is 0 Å². The van der Waals surface area contributed by atoms with Crippen molar-refractivity contribution in [2.75, 3.05) is 19.7 Å². The van der Waals surface area contributed by atoms with Gasteiger partial charge in [-0.3, -0.25) is 0 Å². The first-order valence-electron chi connectivity index (χ1n) is 7.18. The van der Waals surface area contributed by atoms with Gasteiger partial charge in [-0.15, -0.1) is 0 Å². The number of hydrogen-bond acceptors (Lipinski definition) is 3. The molecule has 0 aromatic heterocycles. The summed E-state index contributed by atoms with van der Waals surface area (Å²) in [5.74, 6) is 0.406. The average molecular weight is 283 g/mol. The summed E-state index contributed by atoms with van der Waals surface area (Å²) in [6.07, 6.45) is 4.81. The molecule has 0 spiro atoms. The number of ether oxygens (including phenoxy) is 1. The summed E-state index contributed by atoms with van der Waals surface area (Å²) in [5, 5.41) is 5.58. The predicted molar refractivity (Wildman–Crippen MR) is 77.3 cm³/mol. The molecule has 0 aromatic rings. The largest absolute Gasteiger partial charge is 0.450 e. The van der Waals surface area contributed by atoms with Gasteiger partial charge in [0.05, 0.1) is 6.61 Å². The van der Waals surface area contributed by atoms with Crippen LogP contribution in [0.1, 0.15) is 33.6 Å². The van der Waals surface area contributed by atoms with Crippen LogP contribution in [0.25, 0.3) is 0 Å². The van der Waals surface area contributed by atoms with Gasteiger partial charge in [-0.2, -0.15) is 0 Å². The van der Waals surface area contributed by atoms with Crippen molar-refractivity contribution >= 4 is 12.1 Å². The molecule has 20 heavy (non-hydrogen) atoms. The molecule has 0 saturated carbocycles. The van der Waals surface area contributed by atoms with Crippen molar-refractivity contribution in [3.05, 3.63) is 12.3 Å². The van der Waals surface area contributed by atoms with Crippen LogP contribution < -0.4 is 10.6 Å². The highest BCUT2D eigenvalue weighted by Crippen LogP contribution is 2.11. The Labute approximate surface area is 120 Å². The number of allylic oxidation sites excluding steroid dienone is 1. The fourth-order valence-electron chi connectivity index (χ4n) is 1.96. The minimum Gasteiger partial charge on any atom is -0.450 e. The Hall–Kier alpha value is -1.72. The maximum absolute atomic E-state index is 11.6. The molecule has 0 aromatic carbocycles. The van der Waals surface area contributed by atoms with Crippen molar-refractivity contribution in [3.8, 4) is 0 Å². The van der Waals surface area contributed by atoms with Crippen molar-refractivity contribution in [1.82, 2.24) is 15.5 Å². The maximum Gasteiger partial charge on any atom is 0.409 e. The molecular weight excluding hydrogens is 258 g/mol. The molecule has 2 N–H and O–H groups in total. The van der Waals surface area contributed by atoms with Crippen LogP contribution in [0.4, 0.5) is 9.59 Å². The first kappa shape index (κ1) is 16.3. The lowest BCUT2D eigenvalue weighted by molar-refractivity contribution is 0.0958. The SMILES string of the molecule is CCOC(=O)N1CCC(NC(=O)N/C=C/C(C)C)CC1. The summed E-state index contributed by atoms with van der Waals surface area (Å²) in [6, 6.07) is -0.0930. The van der Waals surface area contributed by atoms with E-state index in [4.69, 9.17) is 4.74 Å². The first-order chi connectivity index (χ1) is 9.52. The zero-order valence-electron chi connectivity index (χ0n) is 12.5. The van der Waals surface area contributed by atoms with Crippen molar-refractivity contribution in [1.29, 1.82) is 0 Å². The molecule has 6 nitrogen and oxygen atoms in total. The number of carbonyl (C=O) groups is 2. The van der Waals surface area contributed by atoms with Gasteiger partial charge in [-0.25, -0.2) is 9.59 Å². The number of carbonyl (C=O) groups excluding carboxylic acids is 2. The second kappa shape index (κ2) is 8.45. The highest BCUT2D eigenvalue weighted by Gasteiger charge is 2.24. The van der Waals surface area contributed by atoms with Gasteiger partial charge >= 0.3 is 12.1 Å². The normalized spacial score (nSPS) is 16.5. The summed E-state index contributed by atoms with van der Waals surface area (Å²) < 4.78 is 4.95. The van der Waals surface area contributed by atoms with E-state index in [9.17, 15) is 9.59 Å². The van der Waals surface area contributed by atoms with E-state index < -0.39 is 0 Å². The summed E-state index contributed by atoms with van der Waals surface area (Å²) in [7, 11) is 0. The molecule has 1 aliphatic heterocycles. The number of amides is 3. The van der Waals surface area contributed by atoms with E-state index in [1.165, 1.54) is 0 Å². The van der Waals surface area contributed by atoms with Gasteiger partial charge in [0, 0.05) is 25.3 Å². The minimum absolute atomic E-state index is 0.105. The zero-order valence-corrected chi connectivity index (χ0v) is 12.5. The Morgan fingerprint density at radius 3 is 2.55 bits per heavy atom. The lowest BCUT2D eigenvalue weighted by Gasteiger charge is -2.31. The Morgan fingerprint density at radius 2 is 2.00 bits per heavy atom. The molecule has 0 aliphatic carbocycles. The van der Waals surface area contributed by atoms with Crippen molar-refractivity contribution < 1.29 is 14.3 Å². The van der Waals surface area contributed by atoms with E-state index in [-0.39, 0.29) is 18.2 Å². The van der Waals surface area contributed by atoms with Gasteiger partial charge in [-0.05, 0) is 25.7 Å². The minimum atomic E-state index is -0.268. The Kier molecular flexibility index (Phi) is 6.90. The smallest absolute Gasteiger partial charge is 0.409 e. The average Bonchev–Trinajstić information content (AvgIpc) is 2.39. The van der Waals surface area contributed by atoms with E-state index in [1.807, 2.05) is 19.9 Å². The highest BCUT2D eigenvalue weighted by molar-refractivity contribution is 5.75. The van der Waals surface area contributed by atoms with Gasteiger partial charge < -0.3 is 20.3 Å². The fraction of sp³-hybridized carbons (Fsp3) is 0.714. The van der Waals surface area contributed by atoms with Crippen LogP contribution in [0.2, 0.25) is 0 Å². The number of nitrogens with zero attached hydrogens (tertiary/aromatic N) is 1. The van der Waals surface area contributed by atoms with Crippen LogP contribution >= 0.6 is 0 Å². The summed E-state index contributed by atoms with van der Waals surface area (Å²) in [4.78, 5) is 24.8. The lowest BCUT2D eigenvalue weighted by atomic mass is 10.1. The van der Waals surface area contributed by atoms with E-state index in [0.29, 0.717) is 25.6 Å². The maximum atomic E-state index is 11.6. The molecule has 0 radical (unpaired) electrons. The molecule has 1 saturated heterocycles. The van der Waals surface area contributed by atoms with E-state index in [0.717, 1.165) is 12.8 Å². The second-order valence-corrected chi connectivity index (χ2v) is 5.18. The number of nitrogens with one attached hydrogen (secondary N) is 2. The van der Waals surface area contributed by atoms with Gasteiger partial charge in [-0.1, -0.05) is 19.9 Å². The molecule has 0 unspecified atom stereocenters. The van der Waals surface area contributed by atoms with E-state index >= 15 is 0 Å². The number of urea groups is 1. The number of rotatable bonds is 4. The third kappa shape index (κ3) is 5.95. The fourth-order valence-corrected chi connectivity index (χ4v) is 1.96. The molecule has 1 aliphatic rings. The molecule has 1 fully saturated rings. The van der Waals surface area contributed by atoms with Crippen LogP contribution in [0, 0.1) is 5.92 Å². The molecule has 3 amide bonds. The standard InChI is InChI=1S/C14H25N3O3/c1-4-20-14(19)17-9-6-12(7-10-17)16-13(18)15-8-5-11(2)3/h5,8,11-12H,4,6-7,9-10H2,1-3H3,(H2,15,16,18)/b8-5+. The lowest BCUT2D eigenvalue weighted by Crippen LogP contribution is -2.48. The molecule has 0 atom stereocenters. The molecular formula is C14H25N3O3. The number of likely N-dealkylation sites (tertiary alicyclic amines) is 1. The molecule has 114 valence electrons. The van der Waals surface area contributed by atoms with Crippen molar-refractivity contribution in [2.24, 2.45) is 5.92 Å². The quantitative estimate of drug-likeness (QED) is 0.830. The van der Waals surface area contributed by atoms with Crippen LogP contribution in [0.15, 0.2) is 12.3 Å². The zero-order chi connectivity index (χ0) is 15.0. The third-order valence-electron chi connectivity index (χ3n) is 3.05. The van der Waals surface area contributed by atoms with Gasteiger partial charge in [0.1, 0.15) is 0 Å². The molecule has 1 rings (SSSR count). The van der Waals surface area contributed by atoms with Crippen LogP contribution in [0.5, 0.6) is 0 Å². The van der Waals surface area contributed by atoms with E-state index in [2.05, 4.69) is 10.6 Å². The monoisotopic (exact) mass is 283 g/mol. The highest BCUT2D eigenvalue weighted by atomic mass is 16.6. The first-order valence-corrected chi connectivity index (χ1v) is 7.18. The third-order valence-corrected chi connectivity index (χ3v) is 3.05. The predicted octanol–water partition coefficient (Wildman–Crippen LogP) is 2.08. The van der Waals surface area contributed by atoms with Crippen LogP contribution in [0.3, 0.4) is 0 Å². The summed E-state index contributed by atoms with van der Waals surface area (Å²) in [6.45, 7) is 7.50. The van der Waals surface area contributed by atoms with Crippen molar-refractivity contribution in [3.63, 3.8) is 0 Å². The van der Waals surface area contributed by atoms with Crippen LogP contribution in [-0.2, 0) is 4.74 Å². The summed E-state index contributed by atoms with van der Waals surface area (Å²) in [5.41, 5.74) is 0. The van der Waals surface area contributed by atoms with Crippen LogP contribution in [-0.4, -0.2) is 42.8 Å². The Bertz CT molecular complexity index is 348.